The van der Waals surface area contributed by atoms with Crippen LogP contribution in [0.4, 0.5) is 0 Å². The van der Waals surface area contributed by atoms with Crippen molar-refractivity contribution in [2.75, 3.05) is 12.9 Å². The highest BCUT2D eigenvalue weighted by atomic mass is 79.9. The molecule has 1 aliphatic rings. The van der Waals surface area contributed by atoms with Gasteiger partial charge in [-0.3, -0.25) is 4.79 Å². The number of methoxy groups -OCH3 is 1. The van der Waals surface area contributed by atoms with Crippen LogP contribution in [0.2, 0.25) is 0 Å². The van der Waals surface area contributed by atoms with Crippen molar-refractivity contribution < 1.29 is 9.53 Å². The van der Waals surface area contributed by atoms with E-state index in [1.807, 2.05) is 19.1 Å². The second-order valence-electron chi connectivity index (χ2n) is 3.83. The molecule has 0 aromatic heterocycles. The first-order valence-electron chi connectivity index (χ1n) is 5.48. The number of aryl methyl sites for hydroxylation is 1. The predicted octanol–water partition coefficient (Wildman–Crippen LogP) is 2.32. The zero-order valence-electron chi connectivity index (χ0n) is 10.4. The number of benzene rings is 1. The highest BCUT2D eigenvalue weighted by Gasteiger charge is 2.15. The molecule has 1 N–H and O–H groups in total. The molecule has 7 heteroatoms. The lowest BCUT2D eigenvalue weighted by atomic mass is 10.1. The third-order valence-corrected chi connectivity index (χ3v) is 4.16. The summed E-state index contributed by atoms with van der Waals surface area (Å²) in [4.78, 5) is 11.0. The Hall–Kier alpha value is -1.34. The molecule has 0 unspecified atom stereocenters. The predicted molar refractivity (Wildman–Crippen MR) is 81.1 cm³/mol. The highest BCUT2D eigenvalue weighted by Crippen LogP contribution is 2.25. The van der Waals surface area contributed by atoms with Gasteiger partial charge in [0.15, 0.2) is 5.17 Å². The quantitative estimate of drug-likeness (QED) is 0.677. The first-order chi connectivity index (χ1) is 9.10. The van der Waals surface area contributed by atoms with Crippen molar-refractivity contribution in [1.82, 2.24) is 5.32 Å². The normalized spacial score (nSPS) is 17.2. The van der Waals surface area contributed by atoms with Gasteiger partial charge in [-0.05, 0) is 24.6 Å². The van der Waals surface area contributed by atoms with Crippen molar-refractivity contribution in [2.45, 2.75) is 6.92 Å². The number of halogens is 1. The van der Waals surface area contributed by atoms with E-state index in [2.05, 4.69) is 31.4 Å². The van der Waals surface area contributed by atoms with E-state index in [1.165, 1.54) is 11.8 Å². The summed E-state index contributed by atoms with van der Waals surface area (Å²) in [6, 6.07) is 3.84. The third-order valence-electron chi connectivity index (χ3n) is 2.44. The molecule has 1 aromatic carbocycles. The molecule has 1 aromatic rings. The Morgan fingerprint density at radius 2 is 2.32 bits per heavy atom. The maximum absolute atomic E-state index is 11.0. The Balaban J connectivity index is 2.18. The van der Waals surface area contributed by atoms with Crippen LogP contribution < -0.4 is 10.1 Å². The largest absolute Gasteiger partial charge is 0.496 e. The number of carbonyl (C=O) groups excluding carboxylic acids is 1. The average Bonchev–Trinajstić information content (AvgIpc) is 2.79. The molecule has 0 radical (unpaired) electrons. The number of hydrogen-bond acceptors (Lipinski definition) is 5. The fourth-order valence-corrected chi connectivity index (χ4v) is 2.46. The molecule has 2 rings (SSSR count). The molecular weight excluding hydrogens is 330 g/mol. The van der Waals surface area contributed by atoms with Crippen LogP contribution in [0.1, 0.15) is 11.1 Å². The Morgan fingerprint density at radius 3 is 2.95 bits per heavy atom. The molecule has 1 aliphatic heterocycles. The van der Waals surface area contributed by atoms with E-state index < -0.39 is 0 Å². The fourth-order valence-electron chi connectivity index (χ4n) is 1.47. The van der Waals surface area contributed by atoms with Crippen molar-refractivity contribution >= 4 is 45.0 Å². The number of carbonyl (C=O) groups is 1. The Labute approximate surface area is 123 Å². The van der Waals surface area contributed by atoms with Crippen LogP contribution in [0.5, 0.6) is 5.75 Å². The first kappa shape index (κ1) is 14.1. The lowest BCUT2D eigenvalue weighted by Gasteiger charge is -2.06. The maximum atomic E-state index is 11.0. The van der Waals surface area contributed by atoms with Crippen molar-refractivity contribution in [3.63, 3.8) is 0 Å². The van der Waals surface area contributed by atoms with Gasteiger partial charge in [0.05, 0.1) is 19.1 Å². The van der Waals surface area contributed by atoms with Gasteiger partial charge < -0.3 is 10.1 Å². The summed E-state index contributed by atoms with van der Waals surface area (Å²) in [5, 5.41) is 11.0. The SMILES string of the molecule is COc1cc(C)c(Br)cc1C=NN=C1NC(=O)CS1. The molecule has 1 fully saturated rings. The summed E-state index contributed by atoms with van der Waals surface area (Å²) in [6.07, 6.45) is 1.60. The summed E-state index contributed by atoms with van der Waals surface area (Å²) in [5.41, 5.74) is 1.90. The summed E-state index contributed by atoms with van der Waals surface area (Å²) in [7, 11) is 1.61. The minimum absolute atomic E-state index is 0.0467. The van der Waals surface area contributed by atoms with Gasteiger partial charge >= 0.3 is 0 Å². The number of thioether (sulfide) groups is 1. The molecule has 0 spiro atoms. The van der Waals surface area contributed by atoms with Crippen molar-refractivity contribution in [1.29, 1.82) is 0 Å². The molecule has 5 nitrogen and oxygen atoms in total. The van der Waals surface area contributed by atoms with Crippen LogP contribution >= 0.6 is 27.7 Å². The topological polar surface area (TPSA) is 63.1 Å². The van der Waals surface area contributed by atoms with Crippen LogP contribution in [-0.2, 0) is 4.79 Å². The number of hydrogen-bond donors (Lipinski definition) is 1. The van der Waals surface area contributed by atoms with Gasteiger partial charge in [0.2, 0.25) is 5.91 Å². The fraction of sp³-hybridized carbons (Fsp3) is 0.250. The molecule has 1 heterocycles. The van der Waals surface area contributed by atoms with Gasteiger partial charge in [-0.2, -0.15) is 5.10 Å². The minimum Gasteiger partial charge on any atom is -0.496 e. The van der Waals surface area contributed by atoms with E-state index in [0.717, 1.165) is 21.3 Å². The number of amidine groups is 1. The second-order valence-corrected chi connectivity index (χ2v) is 5.65. The monoisotopic (exact) mass is 341 g/mol. The Kier molecular flexibility index (Phi) is 4.60. The summed E-state index contributed by atoms with van der Waals surface area (Å²) < 4.78 is 6.26. The molecule has 0 bridgehead atoms. The van der Waals surface area contributed by atoms with Crippen LogP contribution in [0.3, 0.4) is 0 Å². The lowest BCUT2D eigenvalue weighted by molar-refractivity contribution is -0.116. The summed E-state index contributed by atoms with van der Waals surface area (Å²) in [6.45, 7) is 1.98. The summed E-state index contributed by atoms with van der Waals surface area (Å²) >= 11 is 4.80. The van der Waals surface area contributed by atoms with Gasteiger partial charge in [-0.1, -0.05) is 27.7 Å². The van der Waals surface area contributed by atoms with E-state index in [-0.39, 0.29) is 5.91 Å². The van der Waals surface area contributed by atoms with E-state index in [9.17, 15) is 4.79 Å². The minimum atomic E-state index is -0.0467. The third kappa shape index (κ3) is 3.57. The number of rotatable bonds is 3. The zero-order valence-corrected chi connectivity index (χ0v) is 12.8. The zero-order chi connectivity index (χ0) is 13.8. The Bertz CT molecular complexity index is 572. The van der Waals surface area contributed by atoms with E-state index in [4.69, 9.17) is 4.74 Å². The van der Waals surface area contributed by atoms with E-state index in [1.54, 1.807) is 13.3 Å². The van der Waals surface area contributed by atoms with Gasteiger partial charge in [-0.15, -0.1) is 5.10 Å². The maximum Gasteiger partial charge on any atom is 0.236 e. The summed E-state index contributed by atoms with van der Waals surface area (Å²) in [5.74, 6) is 1.08. The molecule has 0 atom stereocenters. The van der Waals surface area contributed by atoms with Crippen LogP contribution in [0.25, 0.3) is 0 Å². The smallest absolute Gasteiger partial charge is 0.236 e. The van der Waals surface area contributed by atoms with Crippen LogP contribution in [0.15, 0.2) is 26.8 Å². The van der Waals surface area contributed by atoms with Crippen LogP contribution in [0, 0.1) is 6.92 Å². The van der Waals surface area contributed by atoms with Gasteiger partial charge in [0.1, 0.15) is 5.75 Å². The molecule has 1 saturated heterocycles. The van der Waals surface area contributed by atoms with Crippen molar-refractivity contribution in [3.05, 3.63) is 27.7 Å². The van der Waals surface area contributed by atoms with E-state index in [0.29, 0.717) is 10.9 Å². The standard InChI is InChI=1S/C12H12BrN3O2S/c1-7-3-10(18-2)8(4-9(7)13)5-14-16-12-15-11(17)6-19-12/h3-5H,6H2,1-2H3,(H,15,16,17). The first-order valence-corrected chi connectivity index (χ1v) is 7.26. The highest BCUT2D eigenvalue weighted by molar-refractivity contribution is 9.10. The van der Waals surface area contributed by atoms with E-state index >= 15 is 0 Å². The van der Waals surface area contributed by atoms with Crippen LogP contribution in [-0.4, -0.2) is 30.2 Å². The van der Waals surface area contributed by atoms with Gasteiger partial charge in [0.25, 0.3) is 0 Å². The number of nitrogens with zero attached hydrogens (tertiary/aromatic N) is 2. The average molecular weight is 342 g/mol. The Morgan fingerprint density at radius 1 is 1.53 bits per heavy atom. The van der Waals surface area contributed by atoms with Gasteiger partial charge in [-0.25, -0.2) is 0 Å². The number of ether oxygens (including phenoxy) is 1. The molecule has 100 valence electrons. The molecule has 19 heavy (non-hydrogen) atoms. The number of nitrogens with one attached hydrogen (secondary N) is 1. The lowest BCUT2D eigenvalue weighted by Crippen LogP contribution is -2.19. The molecule has 0 aliphatic carbocycles. The molecule has 1 amide bonds. The van der Waals surface area contributed by atoms with Crippen molar-refractivity contribution in [2.24, 2.45) is 10.2 Å². The second kappa shape index (κ2) is 6.21. The van der Waals surface area contributed by atoms with Gasteiger partial charge in [0, 0.05) is 10.0 Å². The number of amides is 1. The van der Waals surface area contributed by atoms with Crippen molar-refractivity contribution in [3.8, 4) is 5.75 Å². The molecular formula is C12H12BrN3O2S. The molecule has 0 saturated carbocycles.